The lowest BCUT2D eigenvalue weighted by Gasteiger charge is -2.21. The topological polar surface area (TPSA) is 49.8 Å². The van der Waals surface area contributed by atoms with Crippen LogP contribution in [-0.4, -0.2) is 16.0 Å². The van der Waals surface area contributed by atoms with Crippen molar-refractivity contribution in [2.75, 3.05) is 10.6 Å². The van der Waals surface area contributed by atoms with Gasteiger partial charge in [-0.25, -0.2) is 4.98 Å². The number of nitrogens with zero attached hydrogens (tertiary/aromatic N) is 2. The molecular weight excluding hydrogens is 468 g/mol. The minimum atomic E-state index is 0.530. The summed E-state index contributed by atoms with van der Waals surface area (Å²) in [5.74, 6) is 2.49. The highest BCUT2D eigenvalue weighted by Gasteiger charge is 2.52. The minimum Gasteiger partial charge on any atom is -0.366 e. The van der Waals surface area contributed by atoms with Crippen molar-refractivity contribution in [2.45, 2.75) is 55.7 Å². The van der Waals surface area contributed by atoms with E-state index in [1.165, 1.54) is 48.1 Å². The van der Waals surface area contributed by atoms with E-state index < -0.39 is 0 Å². The molecule has 0 amide bonds. The van der Waals surface area contributed by atoms with E-state index in [0.717, 1.165) is 21.7 Å². The average Bonchev–Trinajstić information content (AvgIpc) is 3.46. The third-order valence-corrected chi connectivity index (χ3v) is 8.19. The van der Waals surface area contributed by atoms with Crippen LogP contribution < -0.4 is 10.6 Å². The maximum Gasteiger partial charge on any atom is 0.229 e. The molecule has 160 valence electrons. The maximum absolute atomic E-state index is 4.78. The second-order valence-corrected chi connectivity index (χ2v) is 10.6. The molecule has 2 N–H and O–H groups in total. The molecule has 1 spiro atoms. The third kappa shape index (κ3) is 4.75. The number of aryl methyl sites for hydroxylation is 1. The Kier molecular flexibility index (Phi) is 5.93. The largest absolute Gasteiger partial charge is 0.366 e. The van der Waals surface area contributed by atoms with Gasteiger partial charge in [0, 0.05) is 28.6 Å². The van der Waals surface area contributed by atoms with E-state index in [9.17, 15) is 0 Å². The molecule has 2 saturated carbocycles. The number of benzene rings is 2. The molecule has 1 unspecified atom stereocenters. The summed E-state index contributed by atoms with van der Waals surface area (Å²) in [7, 11) is 0. The Labute approximate surface area is 196 Å². The summed E-state index contributed by atoms with van der Waals surface area (Å²) < 4.78 is 0.921. The van der Waals surface area contributed by atoms with Crippen LogP contribution in [0.2, 0.25) is 0 Å². The molecule has 4 nitrogen and oxygen atoms in total. The van der Waals surface area contributed by atoms with Crippen LogP contribution in [0.25, 0.3) is 0 Å². The fourth-order valence-corrected chi connectivity index (χ4v) is 5.80. The normalized spacial score (nSPS) is 18.8. The lowest BCUT2D eigenvalue weighted by atomic mass is 10.0. The van der Waals surface area contributed by atoms with Crippen LogP contribution in [0.15, 0.2) is 64.1 Å². The fraction of sp³-hybridized carbons (Fsp3) is 0.360. The molecule has 2 aliphatic rings. The van der Waals surface area contributed by atoms with Gasteiger partial charge in [0.25, 0.3) is 0 Å². The predicted octanol–water partition coefficient (Wildman–Crippen LogP) is 7.33. The number of nitrogens with one attached hydrogen (secondary N) is 2. The van der Waals surface area contributed by atoms with Gasteiger partial charge in [0.2, 0.25) is 5.95 Å². The second kappa shape index (κ2) is 8.83. The van der Waals surface area contributed by atoms with Crippen LogP contribution >= 0.6 is 27.7 Å². The Bertz CT molecular complexity index is 1070. The molecule has 1 atom stereocenters. The van der Waals surface area contributed by atoms with E-state index in [1.54, 1.807) is 0 Å². The molecule has 5 rings (SSSR count). The van der Waals surface area contributed by atoms with Crippen molar-refractivity contribution in [3.05, 3.63) is 70.3 Å². The Morgan fingerprint density at radius 2 is 1.97 bits per heavy atom. The molecule has 2 aliphatic carbocycles. The Morgan fingerprint density at radius 1 is 1.13 bits per heavy atom. The smallest absolute Gasteiger partial charge is 0.229 e. The lowest BCUT2D eigenvalue weighted by Crippen LogP contribution is -2.26. The highest BCUT2D eigenvalue weighted by atomic mass is 79.9. The summed E-state index contributed by atoms with van der Waals surface area (Å²) in [6.07, 6.45) is 8.45. The first-order chi connectivity index (χ1) is 15.1. The molecule has 0 bridgehead atoms. The fourth-order valence-electron chi connectivity index (χ4n) is 4.54. The summed E-state index contributed by atoms with van der Waals surface area (Å²) in [6.45, 7) is 2.13. The summed E-state index contributed by atoms with van der Waals surface area (Å²) in [5.41, 5.74) is 4.09. The molecule has 2 aromatic carbocycles. The van der Waals surface area contributed by atoms with E-state index >= 15 is 0 Å². The van der Waals surface area contributed by atoms with E-state index in [-0.39, 0.29) is 0 Å². The molecule has 3 aromatic rings. The quantitative estimate of drug-likeness (QED) is 0.336. The second-order valence-electron chi connectivity index (χ2n) is 8.72. The van der Waals surface area contributed by atoms with E-state index in [4.69, 9.17) is 4.98 Å². The van der Waals surface area contributed by atoms with Crippen LogP contribution in [0, 0.1) is 12.3 Å². The van der Waals surface area contributed by atoms with Crippen molar-refractivity contribution in [3.63, 3.8) is 0 Å². The highest BCUT2D eigenvalue weighted by Crippen LogP contribution is 2.58. The molecule has 0 radical (unpaired) electrons. The standard InChI is InChI=1S/C25H27BrN4S/c1-17-14-19(31-16-18-6-3-2-4-7-18)9-10-21(17)28-24-27-15-20(26)23(30-24)29-22-8-5-11-25(22)12-13-25/h2-4,6-7,9-10,14-15,22H,5,8,11-13,16H2,1H3,(H2,27,28,29,30). The molecule has 0 aliphatic heterocycles. The van der Waals surface area contributed by atoms with Crippen LogP contribution in [0.3, 0.4) is 0 Å². The van der Waals surface area contributed by atoms with Gasteiger partial charge in [-0.1, -0.05) is 36.8 Å². The average molecular weight is 495 g/mol. The van der Waals surface area contributed by atoms with Gasteiger partial charge in [0.05, 0.1) is 4.47 Å². The van der Waals surface area contributed by atoms with E-state index in [2.05, 4.69) is 87.0 Å². The molecular formula is C25H27BrN4S. The summed E-state index contributed by atoms with van der Waals surface area (Å²) >= 11 is 5.48. The van der Waals surface area contributed by atoms with Crippen molar-refractivity contribution < 1.29 is 0 Å². The predicted molar refractivity (Wildman–Crippen MR) is 133 cm³/mol. The van der Waals surface area contributed by atoms with Gasteiger partial charge < -0.3 is 10.6 Å². The number of halogens is 1. The van der Waals surface area contributed by atoms with Crippen molar-refractivity contribution in [1.82, 2.24) is 9.97 Å². The molecule has 1 aromatic heterocycles. The minimum absolute atomic E-state index is 0.530. The van der Waals surface area contributed by atoms with Crippen molar-refractivity contribution in [3.8, 4) is 0 Å². The third-order valence-electron chi connectivity index (χ3n) is 6.55. The molecule has 31 heavy (non-hydrogen) atoms. The van der Waals surface area contributed by atoms with E-state index in [1.807, 2.05) is 18.0 Å². The number of hydrogen-bond acceptors (Lipinski definition) is 5. The van der Waals surface area contributed by atoms with Gasteiger partial charge in [-0.3, -0.25) is 0 Å². The summed E-state index contributed by atoms with van der Waals surface area (Å²) in [4.78, 5) is 10.5. The van der Waals surface area contributed by atoms with Crippen LogP contribution in [0.4, 0.5) is 17.5 Å². The molecule has 2 fully saturated rings. The van der Waals surface area contributed by atoms with Gasteiger partial charge in [-0.15, -0.1) is 11.8 Å². The van der Waals surface area contributed by atoms with Gasteiger partial charge in [-0.05, 0) is 83.3 Å². The van der Waals surface area contributed by atoms with Crippen LogP contribution in [0.5, 0.6) is 0 Å². The first-order valence-electron chi connectivity index (χ1n) is 10.9. The van der Waals surface area contributed by atoms with Crippen molar-refractivity contribution in [1.29, 1.82) is 0 Å². The van der Waals surface area contributed by atoms with E-state index in [0.29, 0.717) is 17.4 Å². The van der Waals surface area contributed by atoms with Gasteiger partial charge in [0.15, 0.2) is 0 Å². The van der Waals surface area contributed by atoms with Crippen molar-refractivity contribution in [2.24, 2.45) is 5.41 Å². The van der Waals surface area contributed by atoms with Crippen molar-refractivity contribution >= 4 is 45.1 Å². The molecule has 0 saturated heterocycles. The van der Waals surface area contributed by atoms with Crippen LogP contribution in [-0.2, 0) is 5.75 Å². The zero-order valence-electron chi connectivity index (χ0n) is 17.7. The Hall–Kier alpha value is -2.05. The van der Waals surface area contributed by atoms with Gasteiger partial charge in [-0.2, -0.15) is 4.98 Å². The maximum atomic E-state index is 4.78. The number of thioether (sulfide) groups is 1. The molecule has 1 heterocycles. The van der Waals surface area contributed by atoms with Gasteiger partial charge >= 0.3 is 0 Å². The number of rotatable bonds is 7. The summed E-state index contributed by atoms with van der Waals surface area (Å²) in [5, 5.41) is 7.11. The SMILES string of the molecule is Cc1cc(SCc2ccccc2)ccc1Nc1ncc(Br)c(NC2CCCC23CC3)n1. The zero-order chi connectivity index (χ0) is 21.3. The number of aromatic nitrogens is 2. The van der Waals surface area contributed by atoms with Crippen LogP contribution in [0.1, 0.15) is 43.2 Å². The Morgan fingerprint density at radius 3 is 2.74 bits per heavy atom. The summed E-state index contributed by atoms with van der Waals surface area (Å²) in [6, 6.07) is 17.6. The highest BCUT2D eigenvalue weighted by molar-refractivity contribution is 9.10. The molecule has 6 heteroatoms. The monoisotopic (exact) mass is 494 g/mol. The Balaban J connectivity index is 1.26. The lowest BCUT2D eigenvalue weighted by molar-refractivity contribution is 0.485. The van der Waals surface area contributed by atoms with Gasteiger partial charge in [0.1, 0.15) is 5.82 Å². The number of hydrogen-bond donors (Lipinski definition) is 2. The first-order valence-corrected chi connectivity index (χ1v) is 12.7. The zero-order valence-corrected chi connectivity index (χ0v) is 20.1. The number of anilines is 3. The first kappa shape index (κ1) is 20.8.